The van der Waals surface area contributed by atoms with E-state index in [2.05, 4.69) is 18.8 Å². The summed E-state index contributed by atoms with van der Waals surface area (Å²) in [6.07, 6.45) is 5.91. The summed E-state index contributed by atoms with van der Waals surface area (Å²) < 4.78 is 10.3. The van der Waals surface area contributed by atoms with Crippen LogP contribution in [0, 0.1) is 5.92 Å². The van der Waals surface area contributed by atoms with E-state index in [1.807, 2.05) is 6.26 Å². The van der Waals surface area contributed by atoms with Crippen molar-refractivity contribution in [3.63, 3.8) is 0 Å². The number of hydrogen-bond acceptors (Lipinski definition) is 4. The van der Waals surface area contributed by atoms with E-state index in [4.69, 9.17) is 9.47 Å². The third kappa shape index (κ3) is 8.39. The molecule has 1 amide bonds. The molecular formula is C13H25NO3S. The number of thioether (sulfide) groups is 1. The molecule has 0 radical (unpaired) electrons. The van der Waals surface area contributed by atoms with Gasteiger partial charge < -0.3 is 9.47 Å². The van der Waals surface area contributed by atoms with Crippen LogP contribution in [0.1, 0.15) is 46.5 Å². The minimum Gasteiger partial charge on any atom is -0.472 e. The minimum atomic E-state index is -0.580. The fourth-order valence-corrected chi connectivity index (χ4v) is 1.81. The number of amides is 1. The molecule has 0 saturated heterocycles. The van der Waals surface area contributed by atoms with Crippen LogP contribution in [-0.4, -0.2) is 30.8 Å². The van der Waals surface area contributed by atoms with Crippen LogP contribution >= 0.6 is 11.8 Å². The molecule has 0 saturated carbocycles. The molecule has 0 aliphatic carbocycles. The van der Waals surface area contributed by atoms with Crippen LogP contribution in [0.15, 0.2) is 4.99 Å². The zero-order valence-electron chi connectivity index (χ0n) is 11.9. The van der Waals surface area contributed by atoms with Gasteiger partial charge in [0.1, 0.15) is 0 Å². The largest absolute Gasteiger partial charge is 0.472 e. The van der Waals surface area contributed by atoms with Crippen molar-refractivity contribution in [1.82, 2.24) is 0 Å². The average Bonchev–Trinajstić information content (AvgIpc) is 2.37. The zero-order chi connectivity index (χ0) is 13.8. The molecule has 1 unspecified atom stereocenters. The van der Waals surface area contributed by atoms with Gasteiger partial charge in [-0.25, -0.2) is 4.79 Å². The van der Waals surface area contributed by atoms with Gasteiger partial charge in [0.05, 0.1) is 13.2 Å². The van der Waals surface area contributed by atoms with Gasteiger partial charge in [-0.15, -0.1) is 4.99 Å². The first-order valence-electron chi connectivity index (χ1n) is 6.60. The van der Waals surface area contributed by atoms with Gasteiger partial charge in [-0.3, -0.25) is 0 Å². The smallest absolute Gasteiger partial charge is 0.437 e. The lowest BCUT2D eigenvalue weighted by Crippen LogP contribution is -2.13. The summed E-state index contributed by atoms with van der Waals surface area (Å²) in [6, 6.07) is 0. The molecule has 0 aromatic heterocycles. The average molecular weight is 275 g/mol. The minimum absolute atomic E-state index is 0.331. The Labute approximate surface area is 115 Å². The van der Waals surface area contributed by atoms with Gasteiger partial charge in [-0.05, 0) is 25.5 Å². The van der Waals surface area contributed by atoms with E-state index in [1.54, 1.807) is 6.92 Å². The second-order valence-corrected chi connectivity index (χ2v) is 4.77. The first kappa shape index (κ1) is 17.3. The summed E-state index contributed by atoms with van der Waals surface area (Å²) in [6.45, 7) is 7.05. The van der Waals surface area contributed by atoms with Crippen LogP contribution in [0.4, 0.5) is 4.79 Å². The lowest BCUT2D eigenvalue weighted by molar-refractivity contribution is 0.161. The highest BCUT2D eigenvalue weighted by Gasteiger charge is 2.10. The van der Waals surface area contributed by atoms with Gasteiger partial charge in [0.2, 0.25) is 0 Å². The van der Waals surface area contributed by atoms with E-state index in [-0.39, 0.29) is 0 Å². The Balaban J connectivity index is 4.15. The fraction of sp³-hybridized carbons (Fsp3) is 0.846. The molecule has 5 heteroatoms. The molecule has 0 aromatic rings. The number of nitrogens with zero attached hydrogens (tertiary/aromatic N) is 1. The standard InChI is InChI=1S/C13H25NO3S/c1-5-8-9-11(6-2)10-17-13(18-4)14-12(15)16-7-3/h11H,5-10H2,1-4H3/b14-13+. The van der Waals surface area contributed by atoms with Crippen LogP contribution in [0.25, 0.3) is 0 Å². The normalized spacial score (nSPS) is 13.2. The first-order valence-corrected chi connectivity index (χ1v) is 7.82. The quantitative estimate of drug-likeness (QED) is 0.518. The summed E-state index contributed by atoms with van der Waals surface area (Å²) in [4.78, 5) is 15.0. The Bertz CT molecular complexity index is 257. The Morgan fingerprint density at radius 3 is 2.50 bits per heavy atom. The van der Waals surface area contributed by atoms with E-state index in [9.17, 15) is 4.79 Å². The first-order chi connectivity index (χ1) is 8.67. The summed E-state index contributed by atoms with van der Waals surface area (Å²) in [5.74, 6) is 0.532. The summed E-state index contributed by atoms with van der Waals surface area (Å²) in [5, 5.41) is 0.392. The second kappa shape index (κ2) is 11.4. The SMILES string of the molecule is CCCCC(CC)CO/C(=N\C(=O)OCC)SC. The lowest BCUT2D eigenvalue weighted by atomic mass is 10.0. The van der Waals surface area contributed by atoms with Gasteiger partial charge in [0.25, 0.3) is 5.23 Å². The van der Waals surface area contributed by atoms with Crippen molar-refractivity contribution < 1.29 is 14.3 Å². The Morgan fingerprint density at radius 2 is 2.00 bits per heavy atom. The highest BCUT2D eigenvalue weighted by atomic mass is 32.2. The van der Waals surface area contributed by atoms with E-state index < -0.39 is 6.09 Å². The maximum atomic E-state index is 11.2. The van der Waals surface area contributed by atoms with Crippen LogP contribution in [0.3, 0.4) is 0 Å². The fourth-order valence-electron chi connectivity index (χ4n) is 1.45. The number of hydrogen-bond donors (Lipinski definition) is 0. The second-order valence-electron chi connectivity index (χ2n) is 4.01. The van der Waals surface area contributed by atoms with Gasteiger partial charge in [-0.1, -0.05) is 44.9 Å². The molecular weight excluding hydrogens is 250 g/mol. The van der Waals surface area contributed by atoms with Crippen molar-refractivity contribution in [2.24, 2.45) is 10.9 Å². The molecule has 0 heterocycles. The molecule has 0 aliphatic heterocycles. The molecule has 1 atom stereocenters. The number of ether oxygens (including phenoxy) is 2. The molecule has 0 spiro atoms. The lowest BCUT2D eigenvalue weighted by Gasteiger charge is -2.15. The number of rotatable bonds is 7. The summed E-state index contributed by atoms with van der Waals surface area (Å²) in [5.41, 5.74) is 0. The third-order valence-electron chi connectivity index (χ3n) is 2.61. The molecule has 106 valence electrons. The van der Waals surface area contributed by atoms with Gasteiger partial charge in [0, 0.05) is 0 Å². The van der Waals surface area contributed by atoms with Crippen molar-refractivity contribution >= 4 is 23.1 Å². The van der Waals surface area contributed by atoms with Gasteiger partial charge in [0.15, 0.2) is 0 Å². The van der Waals surface area contributed by atoms with E-state index in [0.29, 0.717) is 24.4 Å². The maximum absolute atomic E-state index is 11.2. The van der Waals surface area contributed by atoms with E-state index in [1.165, 1.54) is 24.6 Å². The number of carbonyl (C=O) groups excluding carboxylic acids is 1. The summed E-state index contributed by atoms with van der Waals surface area (Å²) in [7, 11) is 0. The van der Waals surface area contributed by atoms with Gasteiger partial charge in [-0.2, -0.15) is 0 Å². The monoisotopic (exact) mass is 275 g/mol. The highest BCUT2D eigenvalue weighted by Crippen LogP contribution is 2.14. The molecule has 0 N–H and O–H groups in total. The van der Waals surface area contributed by atoms with Crippen molar-refractivity contribution in [3.05, 3.63) is 0 Å². The molecule has 0 aromatic carbocycles. The van der Waals surface area contributed by atoms with Crippen molar-refractivity contribution in [1.29, 1.82) is 0 Å². The topological polar surface area (TPSA) is 47.9 Å². The van der Waals surface area contributed by atoms with Crippen molar-refractivity contribution in [2.45, 2.75) is 46.5 Å². The van der Waals surface area contributed by atoms with Crippen LogP contribution in [-0.2, 0) is 9.47 Å². The van der Waals surface area contributed by atoms with E-state index >= 15 is 0 Å². The predicted molar refractivity (Wildman–Crippen MR) is 77.2 cm³/mol. The Kier molecular flexibility index (Phi) is 10.9. The zero-order valence-corrected chi connectivity index (χ0v) is 12.7. The predicted octanol–water partition coefficient (Wildman–Crippen LogP) is 4.09. The Hall–Kier alpha value is -0.710. The van der Waals surface area contributed by atoms with Crippen LogP contribution in [0.2, 0.25) is 0 Å². The highest BCUT2D eigenvalue weighted by molar-refractivity contribution is 8.13. The summed E-state index contributed by atoms with van der Waals surface area (Å²) >= 11 is 1.33. The molecule has 0 rings (SSSR count). The van der Waals surface area contributed by atoms with Crippen LogP contribution in [0.5, 0.6) is 0 Å². The van der Waals surface area contributed by atoms with Gasteiger partial charge >= 0.3 is 6.09 Å². The van der Waals surface area contributed by atoms with E-state index in [0.717, 1.165) is 12.8 Å². The number of unbranched alkanes of at least 4 members (excludes halogenated alkanes) is 1. The van der Waals surface area contributed by atoms with Crippen molar-refractivity contribution in [2.75, 3.05) is 19.5 Å². The molecule has 18 heavy (non-hydrogen) atoms. The van der Waals surface area contributed by atoms with Crippen LogP contribution < -0.4 is 0 Å². The number of carbonyl (C=O) groups is 1. The number of aliphatic imine (C=N–C) groups is 1. The maximum Gasteiger partial charge on any atom is 0.437 e. The third-order valence-corrected chi connectivity index (χ3v) is 3.17. The Morgan fingerprint density at radius 1 is 1.28 bits per heavy atom. The molecule has 4 nitrogen and oxygen atoms in total. The van der Waals surface area contributed by atoms with Crippen molar-refractivity contribution in [3.8, 4) is 0 Å². The molecule has 0 aliphatic rings. The molecule has 0 bridgehead atoms. The molecule has 0 fully saturated rings.